The monoisotopic (exact) mass is 306 g/mol. The van der Waals surface area contributed by atoms with Crippen molar-refractivity contribution in [3.63, 3.8) is 0 Å². The molecule has 2 aliphatic heterocycles. The lowest BCUT2D eigenvalue weighted by atomic mass is 10.2. The molecular weight excluding hydrogens is 284 g/mol. The average Bonchev–Trinajstić information content (AvgIpc) is 3.08. The topological polar surface area (TPSA) is 68.8 Å². The van der Waals surface area contributed by atoms with E-state index in [9.17, 15) is 4.79 Å². The number of rotatable bonds is 5. The highest BCUT2D eigenvalue weighted by atomic mass is 16.5. The summed E-state index contributed by atoms with van der Waals surface area (Å²) in [6.07, 6.45) is 1.88. The molecule has 0 radical (unpaired) electrons. The van der Waals surface area contributed by atoms with Gasteiger partial charge in [0.25, 0.3) is 5.91 Å². The number of hydrogen-bond acceptors (Lipinski definition) is 5. The molecule has 0 spiro atoms. The van der Waals surface area contributed by atoms with E-state index in [1.54, 1.807) is 0 Å². The second kappa shape index (κ2) is 7.58. The lowest BCUT2D eigenvalue weighted by molar-refractivity contribution is -0.128. The lowest BCUT2D eigenvalue weighted by Gasteiger charge is -2.22. The Hall–Kier alpha value is -1.63. The number of morpholine rings is 1. The second-order valence-corrected chi connectivity index (χ2v) is 5.53. The van der Waals surface area contributed by atoms with E-state index in [1.165, 1.54) is 0 Å². The van der Waals surface area contributed by atoms with Gasteiger partial charge < -0.3 is 24.8 Å². The normalized spacial score (nSPS) is 24.9. The predicted octanol–water partition coefficient (Wildman–Crippen LogP) is 1.17. The van der Waals surface area contributed by atoms with Crippen molar-refractivity contribution in [3.8, 4) is 5.75 Å². The van der Waals surface area contributed by atoms with Gasteiger partial charge in [0.15, 0.2) is 0 Å². The Bertz CT molecular complexity index is 497. The van der Waals surface area contributed by atoms with Gasteiger partial charge >= 0.3 is 0 Å². The molecule has 2 N–H and O–H groups in total. The van der Waals surface area contributed by atoms with E-state index >= 15 is 0 Å². The maximum atomic E-state index is 12.1. The smallest absolute Gasteiger partial charge is 0.254 e. The van der Waals surface area contributed by atoms with E-state index in [1.807, 2.05) is 24.3 Å². The number of anilines is 1. The zero-order valence-electron chi connectivity index (χ0n) is 12.5. The first-order chi connectivity index (χ1) is 10.8. The molecule has 6 nitrogen and oxygen atoms in total. The minimum absolute atomic E-state index is 0.136. The fourth-order valence-corrected chi connectivity index (χ4v) is 2.59. The van der Waals surface area contributed by atoms with Gasteiger partial charge in [-0.05, 0) is 25.0 Å². The van der Waals surface area contributed by atoms with E-state index in [0.29, 0.717) is 25.4 Å². The third kappa shape index (κ3) is 4.19. The van der Waals surface area contributed by atoms with E-state index in [0.717, 1.165) is 31.7 Å². The van der Waals surface area contributed by atoms with Crippen molar-refractivity contribution in [2.24, 2.45) is 0 Å². The molecule has 6 heteroatoms. The molecule has 2 aliphatic rings. The molecule has 2 atom stereocenters. The fourth-order valence-electron chi connectivity index (χ4n) is 2.59. The molecule has 3 rings (SSSR count). The number of nitrogens with one attached hydrogen (secondary N) is 2. The SMILES string of the molecule is O=C(Nc1cccc(OCC2CCCO2)c1)C1CNCCO1. The Morgan fingerprint density at radius 1 is 1.36 bits per heavy atom. The third-order valence-electron chi connectivity index (χ3n) is 3.78. The largest absolute Gasteiger partial charge is 0.491 e. The van der Waals surface area contributed by atoms with Crippen molar-refractivity contribution in [2.45, 2.75) is 25.0 Å². The molecule has 2 saturated heterocycles. The second-order valence-electron chi connectivity index (χ2n) is 5.53. The molecule has 0 bridgehead atoms. The van der Waals surface area contributed by atoms with Gasteiger partial charge in [-0.25, -0.2) is 0 Å². The van der Waals surface area contributed by atoms with Gasteiger partial charge in [-0.2, -0.15) is 0 Å². The Labute approximate surface area is 130 Å². The summed E-state index contributed by atoms with van der Waals surface area (Å²) in [5, 5.41) is 6.00. The van der Waals surface area contributed by atoms with E-state index in [4.69, 9.17) is 14.2 Å². The average molecular weight is 306 g/mol. The minimum atomic E-state index is -0.440. The van der Waals surface area contributed by atoms with Crippen molar-refractivity contribution >= 4 is 11.6 Å². The summed E-state index contributed by atoms with van der Waals surface area (Å²) in [7, 11) is 0. The van der Waals surface area contributed by atoms with Crippen LogP contribution in [0.15, 0.2) is 24.3 Å². The minimum Gasteiger partial charge on any atom is -0.491 e. The Morgan fingerprint density at radius 3 is 3.09 bits per heavy atom. The summed E-state index contributed by atoms with van der Waals surface area (Å²) in [6, 6.07) is 7.40. The van der Waals surface area contributed by atoms with E-state index in [-0.39, 0.29) is 12.0 Å². The van der Waals surface area contributed by atoms with Crippen LogP contribution < -0.4 is 15.4 Å². The van der Waals surface area contributed by atoms with Crippen molar-refractivity contribution in [2.75, 3.05) is 38.2 Å². The predicted molar refractivity (Wildman–Crippen MR) is 82.2 cm³/mol. The number of benzene rings is 1. The van der Waals surface area contributed by atoms with Crippen molar-refractivity contribution in [1.29, 1.82) is 0 Å². The van der Waals surface area contributed by atoms with Crippen LogP contribution in [-0.2, 0) is 14.3 Å². The number of carbonyl (C=O) groups is 1. The molecule has 1 aromatic carbocycles. The molecule has 1 amide bonds. The van der Waals surface area contributed by atoms with Gasteiger partial charge in [0.1, 0.15) is 18.5 Å². The zero-order chi connectivity index (χ0) is 15.2. The summed E-state index contributed by atoms with van der Waals surface area (Å²) >= 11 is 0. The van der Waals surface area contributed by atoms with Crippen LogP contribution in [0.25, 0.3) is 0 Å². The Kier molecular flexibility index (Phi) is 5.26. The van der Waals surface area contributed by atoms with Gasteiger partial charge in [-0.1, -0.05) is 6.07 Å². The molecule has 0 aromatic heterocycles. The van der Waals surface area contributed by atoms with Gasteiger partial charge in [-0.15, -0.1) is 0 Å². The molecule has 2 unspecified atom stereocenters. The van der Waals surface area contributed by atoms with Gasteiger partial charge in [0.05, 0.1) is 12.7 Å². The summed E-state index contributed by atoms with van der Waals surface area (Å²) in [5.74, 6) is 0.597. The molecule has 0 saturated carbocycles. The molecule has 120 valence electrons. The molecule has 2 heterocycles. The number of amides is 1. The standard InChI is InChI=1S/C16H22N2O4/c19-16(15-10-17-6-8-21-15)18-12-3-1-4-13(9-12)22-11-14-5-2-7-20-14/h1,3-4,9,14-15,17H,2,5-8,10-11H2,(H,18,19). The maximum absolute atomic E-state index is 12.1. The number of carbonyl (C=O) groups excluding carboxylic acids is 1. The first kappa shape index (κ1) is 15.3. The molecule has 1 aromatic rings. The van der Waals surface area contributed by atoms with Crippen LogP contribution in [0.5, 0.6) is 5.75 Å². The van der Waals surface area contributed by atoms with Crippen LogP contribution in [0.1, 0.15) is 12.8 Å². The molecular formula is C16H22N2O4. The Balaban J connectivity index is 1.52. The van der Waals surface area contributed by atoms with Crippen LogP contribution in [0, 0.1) is 0 Å². The van der Waals surface area contributed by atoms with Crippen LogP contribution in [0.2, 0.25) is 0 Å². The first-order valence-corrected chi connectivity index (χ1v) is 7.79. The lowest BCUT2D eigenvalue weighted by Crippen LogP contribution is -2.45. The van der Waals surface area contributed by atoms with E-state index < -0.39 is 6.10 Å². The van der Waals surface area contributed by atoms with Gasteiger partial charge in [-0.3, -0.25) is 4.79 Å². The van der Waals surface area contributed by atoms with Crippen LogP contribution in [0.3, 0.4) is 0 Å². The summed E-state index contributed by atoms with van der Waals surface area (Å²) < 4.78 is 16.7. The number of hydrogen-bond donors (Lipinski definition) is 2. The van der Waals surface area contributed by atoms with Crippen LogP contribution >= 0.6 is 0 Å². The van der Waals surface area contributed by atoms with Crippen molar-refractivity contribution < 1.29 is 19.0 Å². The highest BCUT2D eigenvalue weighted by molar-refractivity contribution is 5.94. The summed E-state index contributed by atoms with van der Waals surface area (Å²) in [6.45, 7) is 3.26. The fraction of sp³-hybridized carbons (Fsp3) is 0.562. The Morgan fingerprint density at radius 2 is 2.32 bits per heavy atom. The molecule has 0 aliphatic carbocycles. The third-order valence-corrected chi connectivity index (χ3v) is 3.78. The van der Waals surface area contributed by atoms with Gasteiger partial charge in [0.2, 0.25) is 0 Å². The first-order valence-electron chi connectivity index (χ1n) is 7.79. The zero-order valence-corrected chi connectivity index (χ0v) is 12.5. The molecule has 22 heavy (non-hydrogen) atoms. The highest BCUT2D eigenvalue weighted by Crippen LogP contribution is 2.20. The number of ether oxygens (including phenoxy) is 3. The summed E-state index contributed by atoms with van der Waals surface area (Å²) in [5.41, 5.74) is 0.712. The van der Waals surface area contributed by atoms with Gasteiger partial charge in [0, 0.05) is 31.5 Å². The van der Waals surface area contributed by atoms with Crippen molar-refractivity contribution in [3.05, 3.63) is 24.3 Å². The maximum Gasteiger partial charge on any atom is 0.254 e. The summed E-state index contributed by atoms with van der Waals surface area (Å²) in [4.78, 5) is 12.1. The van der Waals surface area contributed by atoms with Crippen LogP contribution in [-0.4, -0.2) is 51.0 Å². The van der Waals surface area contributed by atoms with Crippen molar-refractivity contribution in [1.82, 2.24) is 5.32 Å². The highest BCUT2D eigenvalue weighted by Gasteiger charge is 2.22. The molecule has 2 fully saturated rings. The van der Waals surface area contributed by atoms with Crippen LogP contribution in [0.4, 0.5) is 5.69 Å². The van der Waals surface area contributed by atoms with E-state index in [2.05, 4.69) is 10.6 Å². The quantitative estimate of drug-likeness (QED) is 0.855.